The number of amides is 3. The second kappa shape index (κ2) is 8.24. The van der Waals surface area contributed by atoms with Crippen LogP contribution in [0.4, 0.5) is 0 Å². The summed E-state index contributed by atoms with van der Waals surface area (Å²) in [4.78, 5) is 91.0. The third-order valence-electron chi connectivity index (χ3n) is 8.56. The second-order valence-corrected chi connectivity index (χ2v) is 10.6. The first kappa shape index (κ1) is 24.8. The molecule has 0 bridgehead atoms. The van der Waals surface area contributed by atoms with Gasteiger partial charge in [-0.15, -0.1) is 0 Å². The molecule has 3 aliphatic carbocycles. The number of hydrogen-bond donors (Lipinski definition) is 3. The van der Waals surface area contributed by atoms with Crippen molar-refractivity contribution in [1.29, 1.82) is 0 Å². The highest BCUT2D eigenvalue weighted by Crippen LogP contribution is 2.50. The Balaban J connectivity index is 1.35. The van der Waals surface area contributed by atoms with E-state index in [4.69, 9.17) is 5.73 Å². The molecule has 39 heavy (non-hydrogen) atoms. The van der Waals surface area contributed by atoms with Gasteiger partial charge in [0.05, 0.1) is 29.2 Å². The van der Waals surface area contributed by atoms with Gasteiger partial charge in [0.1, 0.15) is 5.75 Å². The first-order chi connectivity index (χ1) is 18.5. The number of Topliss-reactive ketones (excluding diaryl/α,β-unsaturated/α-hetero) is 4. The first-order valence-electron chi connectivity index (χ1n) is 12.4. The summed E-state index contributed by atoms with van der Waals surface area (Å²) in [7, 11) is 0. The van der Waals surface area contributed by atoms with Crippen molar-refractivity contribution in [3.8, 4) is 5.75 Å². The Kier molecular flexibility index (Phi) is 5.24. The molecule has 2 aromatic rings. The monoisotopic (exact) mass is 530 g/mol. The number of phenols is 1. The number of primary amides is 1. The van der Waals surface area contributed by atoms with E-state index in [-0.39, 0.29) is 41.6 Å². The highest BCUT2D eigenvalue weighted by molar-refractivity contribution is 6.31. The summed E-state index contributed by atoms with van der Waals surface area (Å²) in [6, 6.07) is 9.34. The van der Waals surface area contributed by atoms with Crippen molar-refractivity contribution in [2.75, 3.05) is 0 Å². The number of aliphatic hydroxyl groups is 1. The van der Waals surface area contributed by atoms with Gasteiger partial charge in [0.2, 0.25) is 5.91 Å². The van der Waals surface area contributed by atoms with E-state index in [9.17, 15) is 43.8 Å². The van der Waals surface area contributed by atoms with E-state index in [1.165, 1.54) is 18.2 Å². The summed E-state index contributed by atoms with van der Waals surface area (Å²) in [6.45, 7) is -0.326. The Morgan fingerprint density at radius 1 is 0.949 bits per heavy atom. The highest BCUT2D eigenvalue weighted by Gasteiger charge is 2.66. The van der Waals surface area contributed by atoms with Crippen molar-refractivity contribution in [3.63, 3.8) is 0 Å². The molecule has 0 aromatic heterocycles. The number of aromatic hydroxyl groups is 1. The summed E-state index contributed by atoms with van der Waals surface area (Å²) in [5, 5.41) is 22.4. The average molecular weight is 530 g/mol. The minimum atomic E-state index is -2.73. The van der Waals surface area contributed by atoms with Gasteiger partial charge in [-0.25, -0.2) is 0 Å². The van der Waals surface area contributed by atoms with Crippen LogP contribution in [0.3, 0.4) is 0 Å². The Morgan fingerprint density at radius 2 is 1.59 bits per heavy atom. The summed E-state index contributed by atoms with van der Waals surface area (Å²) >= 11 is 0. The molecule has 4 aliphatic rings. The number of nitrogens with two attached hydrogens (primary N) is 1. The lowest BCUT2D eigenvalue weighted by atomic mass is 9.54. The Labute approximate surface area is 220 Å². The zero-order valence-corrected chi connectivity index (χ0v) is 20.4. The van der Waals surface area contributed by atoms with Crippen LogP contribution in [0.1, 0.15) is 55.0 Å². The van der Waals surface area contributed by atoms with Gasteiger partial charge in [-0.1, -0.05) is 24.3 Å². The zero-order chi connectivity index (χ0) is 28.0. The topological polar surface area (TPSA) is 189 Å². The molecule has 1 heterocycles. The number of fused-ring (bicyclic) bond motifs is 4. The van der Waals surface area contributed by atoms with Crippen molar-refractivity contribution in [3.05, 3.63) is 64.2 Å². The van der Waals surface area contributed by atoms with E-state index in [0.29, 0.717) is 5.56 Å². The SMILES string of the molecule is NC(=O)C1C(=O)CC2CC3Cc4ccc(CN5C(=O)c6ccccc6C5=O)c(O)c4C(=O)C3C(=O)C2(O)C1=O. The minimum absolute atomic E-state index is 0.00139. The maximum absolute atomic E-state index is 13.7. The molecule has 0 saturated heterocycles. The summed E-state index contributed by atoms with van der Waals surface area (Å²) in [5.41, 5.74) is 3.24. The summed E-state index contributed by atoms with van der Waals surface area (Å²) < 4.78 is 0. The largest absolute Gasteiger partial charge is 0.507 e. The van der Waals surface area contributed by atoms with E-state index in [2.05, 4.69) is 0 Å². The lowest BCUT2D eigenvalue weighted by molar-refractivity contribution is -0.175. The maximum Gasteiger partial charge on any atom is 0.261 e. The Bertz CT molecular complexity index is 1540. The number of nitrogens with zero attached hydrogens (tertiary/aromatic N) is 1. The summed E-state index contributed by atoms with van der Waals surface area (Å²) in [5.74, 6) is -12.1. The molecule has 0 radical (unpaired) electrons. The van der Waals surface area contributed by atoms with Gasteiger partial charge in [0, 0.05) is 17.9 Å². The van der Waals surface area contributed by atoms with Gasteiger partial charge in [0.25, 0.3) is 11.8 Å². The van der Waals surface area contributed by atoms with Crippen LogP contribution in [0.25, 0.3) is 0 Å². The molecule has 2 saturated carbocycles. The van der Waals surface area contributed by atoms with E-state index in [0.717, 1.165) is 4.90 Å². The van der Waals surface area contributed by atoms with E-state index in [1.54, 1.807) is 18.2 Å². The number of hydrogen-bond acceptors (Lipinski definition) is 9. The van der Waals surface area contributed by atoms with Gasteiger partial charge in [-0.2, -0.15) is 0 Å². The van der Waals surface area contributed by atoms with Crippen LogP contribution in [0, 0.1) is 23.7 Å². The zero-order valence-electron chi connectivity index (χ0n) is 20.4. The fourth-order valence-corrected chi connectivity index (χ4v) is 6.67. The van der Waals surface area contributed by atoms with Gasteiger partial charge >= 0.3 is 0 Å². The Hall–Kier alpha value is -4.51. The number of carbonyl (C=O) groups is 7. The van der Waals surface area contributed by atoms with Crippen LogP contribution in [0.5, 0.6) is 5.75 Å². The second-order valence-electron chi connectivity index (χ2n) is 10.6. The molecule has 4 N–H and O–H groups in total. The molecule has 5 atom stereocenters. The molecule has 2 fully saturated rings. The van der Waals surface area contributed by atoms with Crippen LogP contribution in [-0.4, -0.2) is 61.6 Å². The van der Waals surface area contributed by atoms with Crippen LogP contribution in [0.2, 0.25) is 0 Å². The molecule has 0 spiro atoms. The molecular formula is C28H22N2O9. The Morgan fingerprint density at radius 3 is 2.21 bits per heavy atom. The molecule has 11 nitrogen and oxygen atoms in total. The smallest absolute Gasteiger partial charge is 0.261 e. The molecule has 198 valence electrons. The fourth-order valence-electron chi connectivity index (χ4n) is 6.67. The number of phenolic OH excluding ortho intramolecular Hbond substituents is 1. The molecule has 5 unspecified atom stereocenters. The van der Waals surface area contributed by atoms with Gasteiger partial charge in [-0.05, 0) is 36.5 Å². The van der Waals surface area contributed by atoms with Crippen molar-refractivity contribution < 1.29 is 43.8 Å². The van der Waals surface area contributed by atoms with Gasteiger partial charge in [0.15, 0.2) is 34.7 Å². The van der Waals surface area contributed by atoms with Gasteiger partial charge < -0.3 is 15.9 Å². The van der Waals surface area contributed by atoms with Crippen molar-refractivity contribution >= 4 is 40.9 Å². The molecule has 11 heteroatoms. The third kappa shape index (κ3) is 3.22. The number of benzene rings is 2. The van der Waals surface area contributed by atoms with Crippen molar-refractivity contribution in [2.45, 2.75) is 31.4 Å². The maximum atomic E-state index is 13.7. The van der Waals surface area contributed by atoms with Crippen molar-refractivity contribution in [1.82, 2.24) is 4.90 Å². The molecule has 3 amide bonds. The number of rotatable bonds is 3. The quantitative estimate of drug-likeness (QED) is 0.366. The van der Waals surface area contributed by atoms with E-state index >= 15 is 0 Å². The fraction of sp³-hybridized carbons (Fsp3) is 0.321. The van der Waals surface area contributed by atoms with Crippen LogP contribution in [0.15, 0.2) is 36.4 Å². The van der Waals surface area contributed by atoms with Crippen LogP contribution < -0.4 is 5.73 Å². The number of carbonyl (C=O) groups excluding carboxylic acids is 7. The van der Waals surface area contributed by atoms with Crippen molar-refractivity contribution in [2.24, 2.45) is 29.4 Å². The highest BCUT2D eigenvalue weighted by atomic mass is 16.3. The number of imide groups is 1. The van der Waals surface area contributed by atoms with Crippen LogP contribution >= 0.6 is 0 Å². The lowest BCUT2D eigenvalue weighted by Gasteiger charge is -2.48. The molecular weight excluding hydrogens is 508 g/mol. The van der Waals surface area contributed by atoms with E-state index < -0.39 is 82.3 Å². The number of ketones is 4. The molecule has 2 aromatic carbocycles. The molecule has 1 aliphatic heterocycles. The normalized spacial score (nSPS) is 29.6. The standard InChI is InChI=1S/C28H22N2O9/c29-25(36)20-17(31)9-14-8-13-7-11-5-6-12(10-30-26(37)15-3-1-2-4-16(15)27(30)38)21(32)18(11)22(33)19(13)23(34)28(14,39)24(20)35/h1-6,13-14,19-20,32,39H,7-10H2,(H2,29,36). The van der Waals surface area contributed by atoms with Crippen LogP contribution in [-0.2, 0) is 32.1 Å². The first-order valence-corrected chi connectivity index (χ1v) is 12.4. The third-order valence-corrected chi connectivity index (χ3v) is 8.56. The minimum Gasteiger partial charge on any atom is -0.507 e. The molecule has 6 rings (SSSR count). The summed E-state index contributed by atoms with van der Waals surface area (Å²) in [6.07, 6.45) is -0.262. The van der Waals surface area contributed by atoms with Gasteiger partial charge in [-0.3, -0.25) is 38.5 Å². The predicted octanol–water partition coefficient (Wildman–Crippen LogP) is 0.123. The predicted molar refractivity (Wildman–Crippen MR) is 129 cm³/mol. The van der Waals surface area contributed by atoms with E-state index in [1.807, 2.05) is 0 Å². The lowest BCUT2D eigenvalue weighted by Crippen LogP contribution is -2.68. The average Bonchev–Trinajstić information content (AvgIpc) is 3.12.